The van der Waals surface area contributed by atoms with Gasteiger partial charge in [0.2, 0.25) is 12.3 Å². The number of aromatic nitrogens is 1. The highest BCUT2D eigenvalue weighted by atomic mass is 32.1. The Morgan fingerprint density at radius 1 is 1.25 bits per heavy atom. The standard InChI is InChI=1S/C19H25N3OS.C5H6N2O/c1-14-13-21(19-20-16-9-5-6-10-17(16)24-19)11-12-22(14)18(23)15-7-3-2-4-8-15;6-3-5(1-2-5)7-4-8/h5-6,9-10,14-15H,2-4,7-8,11-13H2,1H3;4H,1-2H2,(H,7,8). The summed E-state index contributed by atoms with van der Waals surface area (Å²) >= 11 is 1.75. The number of piperazine rings is 1. The van der Waals surface area contributed by atoms with E-state index in [0.29, 0.717) is 12.3 Å². The Bertz CT molecular complexity index is 957. The van der Waals surface area contributed by atoms with E-state index < -0.39 is 5.54 Å². The van der Waals surface area contributed by atoms with Gasteiger partial charge in [0.15, 0.2) is 5.13 Å². The molecule has 2 heterocycles. The lowest BCUT2D eigenvalue weighted by Crippen LogP contribution is -2.55. The monoisotopic (exact) mass is 453 g/mol. The highest BCUT2D eigenvalue weighted by Crippen LogP contribution is 2.33. The summed E-state index contributed by atoms with van der Waals surface area (Å²) in [4.78, 5) is 31.8. The summed E-state index contributed by atoms with van der Waals surface area (Å²) in [5, 5.41) is 11.8. The first-order chi connectivity index (χ1) is 15.5. The van der Waals surface area contributed by atoms with Crippen molar-refractivity contribution in [1.29, 1.82) is 5.26 Å². The highest BCUT2D eigenvalue weighted by molar-refractivity contribution is 7.22. The van der Waals surface area contributed by atoms with Crippen molar-refractivity contribution in [3.05, 3.63) is 24.3 Å². The SMILES string of the molecule is CC1CN(c2nc3ccccc3s2)CCN1C(=O)C1CCCCC1.N#CC1(NC=O)CC1. The number of carbonyl (C=O) groups is 2. The first-order valence-corrected chi connectivity index (χ1v) is 12.4. The molecule has 3 fully saturated rings. The van der Waals surface area contributed by atoms with Gasteiger partial charge in [0.1, 0.15) is 5.54 Å². The van der Waals surface area contributed by atoms with Gasteiger partial charge in [-0.05, 0) is 44.7 Å². The minimum absolute atomic E-state index is 0.264. The van der Waals surface area contributed by atoms with Crippen molar-refractivity contribution < 1.29 is 9.59 Å². The zero-order valence-corrected chi connectivity index (χ0v) is 19.4. The molecule has 8 heteroatoms. The van der Waals surface area contributed by atoms with Crippen LogP contribution in [0.1, 0.15) is 51.9 Å². The largest absolute Gasteiger partial charge is 0.344 e. The first kappa shape index (κ1) is 22.5. The maximum Gasteiger partial charge on any atom is 0.226 e. The molecule has 1 unspecified atom stereocenters. The number of anilines is 1. The van der Waals surface area contributed by atoms with Gasteiger partial charge in [-0.1, -0.05) is 42.7 Å². The number of hydrogen-bond donors (Lipinski definition) is 1. The number of thiazole rings is 1. The van der Waals surface area contributed by atoms with Gasteiger partial charge in [0.05, 0.1) is 16.3 Å². The average molecular weight is 454 g/mol. The number of carbonyl (C=O) groups excluding carboxylic acids is 2. The third kappa shape index (κ3) is 5.04. The quantitative estimate of drug-likeness (QED) is 0.713. The van der Waals surface area contributed by atoms with E-state index in [1.165, 1.54) is 24.0 Å². The first-order valence-electron chi connectivity index (χ1n) is 11.6. The molecule has 1 aromatic carbocycles. The molecule has 1 aromatic heterocycles. The van der Waals surface area contributed by atoms with Crippen LogP contribution >= 0.6 is 11.3 Å². The van der Waals surface area contributed by atoms with Crippen molar-refractivity contribution in [2.24, 2.45) is 5.92 Å². The fourth-order valence-electron chi connectivity index (χ4n) is 4.56. The average Bonchev–Trinajstić information content (AvgIpc) is 3.47. The summed E-state index contributed by atoms with van der Waals surface area (Å²) in [7, 11) is 0. The Labute approximate surface area is 193 Å². The molecule has 2 amide bonds. The van der Waals surface area contributed by atoms with Crippen LogP contribution in [0, 0.1) is 17.2 Å². The van der Waals surface area contributed by atoms with Crippen LogP contribution in [0.2, 0.25) is 0 Å². The van der Waals surface area contributed by atoms with Crippen LogP contribution in [0.3, 0.4) is 0 Å². The van der Waals surface area contributed by atoms with Crippen molar-refractivity contribution in [3.63, 3.8) is 0 Å². The topological polar surface area (TPSA) is 89.3 Å². The Morgan fingerprint density at radius 3 is 2.59 bits per heavy atom. The van der Waals surface area contributed by atoms with E-state index in [-0.39, 0.29) is 12.0 Å². The van der Waals surface area contributed by atoms with Crippen LogP contribution in [0.15, 0.2) is 24.3 Å². The highest BCUT2D eigenvalue weighted by Gasteiger charge is 2.42. The van der Waals surface area contributed by atoms with Crippen molar-refractivity contribution in [3.8, 4) is 6.07 Å². The fourth-order valence-corrected chi connectivity index (χ4v) is 5.56. The number of nitrogens with zero attached hydrogens (tertiary/aromatic N) is 4. The predicted molar refractivity (Wildman–Crippen MR) is 126 cm³/mol. The van der Waals surface area contributed by atoms with Crippen LogP contribution in [0.5, 0.6) is 0 Å². The molecular weight excluding hydrogens is 422 g/mol. The number of rotatable bonds is 4. The van der Waals surface area contributed by atoms with Gasteiger partial charge in [0.25, 0.3) is 0 Å². The number of benzene rings is 1. The summed E-state index contributed by atoms with van der Waals surface area (Å²) in [6.45, 7) is 4.79. The zero-order chi connectivity index (χ0) is 22.6. The number of amides is 2. The smallest absolute Gasteiger partial charge is 0.226 e. The maximum atomic E-state index is 12.8. The number of nitrogens with one attached hydrogen (secondary N) is 1. The van der Waals surface area contributed by atoms with Crippen LogP contribution in [-0.4, -0.2) is 53.4 Å². The van der Waals surface area contributed by atoms with Gasteiger partial charge >= 0.3 is 0 Å². The Balaban J connectivity index is 0.000000260. The van der Waals surface area contributed by atoms with Gasteiger partial charge in [-0.15, -0.1) is 0 Å². The van der Waals surface area contributed by atoms with E-state index in [9.17, 15) is 9.59 Å². The normalized spacial score (nSPS) is 22.4. The van der Waals surface area contributed by atoms with Crippen molar-refractivity contribution in [2.45, 2.75) is 63.5 Å². The fraction of sp³-hybridized carbons (Fsp3) is 0.583. The second-order valence-electron chi connectivity index (χ2n) is 9.08. The molecule has 32 heavy (non-hydrogen) atoms. The van der Waals surface area contributed by atoms with Gasteiger partial charge in [-0.2, -0.15) is 5.26 Å². The Kier molecular flexibility index (Phi) is 6.95. The molecule has 1 saturated heterocycles. The van der Waals surface area contributed by atoms with E-state index in [2.05, 4.69) is 40.2 Å². The zero-order valence-electron chi connectivity index (χ0n) is 18.6. The third-order valence-corrected chi connectivity index (χ3v) is 7.81. The van der Waals surface area contributed by atoms with Gasteiger partial charge in [0, 0.05) is 31.6 Å². The molecular formula is C24H31N5O2S. The molecule has 5 rings (SSSR count). The molecule has 1 N–H and O–H groups in total. The van der Waals surface area contributed by atoms with Crippen molar-refractivity contribution in [1.82, 2.24) is 15.2 Å². The van der Waals surface area contributed by atoms with E-state index in [1.54, 1.807) is 11.3 Å². The Morgan fingerprint density at radius 2 is 2.00 bits per heavy atom. The second kappa shape index (κ2) is 9.86. The van der Waals surface area contributed by atoms with E-state index in [1.807, 2.05) is 12.1 Å². The van der Waals surface area contributed by atoms with E-state index in [0.717, 1.165) is 56.0 Å². The summed E-state index contributed by atoms with van der Waals surface area (Å²) in [5.41, 5.74) is 0.604. The minimum atomic E-state index is -0.470. The summed E-state index contributed by atoms with van der Waals surface area (Å²) in [5.74, 6) is 0.668. The molecule has 7 nitrogen and oxygen atoms in total. The van der Waals surface area contributed by atoms with Crippen molar-refractivity contribution in [2.75, 3.05) is 24.5 Å². The van der Waals surface area contributed by atoms with E-state index >= 15 is 0 Å². The molecule has 2 aromatic rings. The third-order valence-electron chi connectivity index (χ3n) is 6.72. The number of fused-ring (bicyclic) bond motifs is 1. The van der Waals surface area contributed by atoms with Crippen molar-refractivity contribution >= 4 is 39.0 Å². The molecule has 1 atom stereocenters. The van der Waals surface area contributed by atoms with Crippen LogP contribution in [0.4, 0.5) is 5.13 Å². The lowest BCUT2D eigenvalue weighted by atomic mass is 9.88. The molecule has 0 spiro atoms. The molecule has 0 radical (unpaired) electrons. The molecule has 1 aliphatic heterocycles. The van der Waals surface area contributed by atoms with E-state index in [4.69, 9.17) is 10.2 Å². The Hall–Kier alpha value is -2.66. The minimum Gasteiger partial charge on any atom is -0.344 e. The predicted octanol–water partition coefficient (Wildman–Crippen LogP) is 3.70. The molecule has 3 aliphatic rings. The lowest BCUT2D eigenvalue weighted by Gasteiger charge is -2.41. The second-order valence-corrected chi connectivity index (χ2v) is 10.1. The number of para-hydroxylation sites is 1. The molecule has 2 saturated carbocycles. The van der Waals surface area contributed by atoms with Crippen LogP contribution < -0.4 is 10.2 Å². The molecule has 170 valence electrons. The lowest BCUT2D eigenvalue weighted by molar-refractivity contribution is -0.139. The van der Waals surface area contributed by atoms with Gasteiger partial charge in [-0.25, -0.2) is 4.98 Å². The van der Waals surface area contributed by atoms with Gasteiger partial charge in [-0.3, -0.25) is 9.59 Å². The summed E-state index contributed by atoms with van der Waals surface area (Å²) in [6, 6.07) is 10.6. The maximum absolute atomic E-state index is 12.8. The number of hydrogen-bond acceptors (Lipinski definition) is 6. The van der Waals surface area contributed by atoms with Gasteiger partial charge < -0.3 is 15.1 Å². The molecule has 2 aliphatic carbocycles. The van der Waals surface area contributed by atoms with Crippen LogP contribution in [0.25, 0.3) is 10.2 Å². The summed E-state index contributed by atoms with van der Waals surface area (Å²) in [6.07, 6.45) is 8.10. The number of nitriles is 1. The van der Waals surface area contributed by atoms with Crippen LogP contribution in [-0.2, 0) is 9.59 Å². The summed E-state index contributed by atoms with van der Waals surface area (Å²) < 4.78 is 1.24. The molecule has 0 bridgehead atoms.